The molecular weight excluding hydrogens is 230 g/mol. The van der Waals surface area contributed by atoms with E-state index in [9.17, 15) is 9.59 Å². The summed E-state index contributed by atoms with van der Waals surface area (Å²) in [5.41, 5.74) is -0.557. The van der Waals surface area contributed by atoms with Gasteiger partial charge in [0.25, 0.3) is 0 Å². The third-order valence-corrected chi connectivity index (χ3v) is 3.50. The summed E-state index contributed by atoms with van der Waals surface area (Å²) in [5, 5.41) is 8.76. The largest absolute Gasteiger partial charge is 0.359 e. The minimum absolute atomic E-state index is 0.0512. The summed E-state index contributed by atoms with van der Waals surface area (Å²) in [5.74, 6) is 0.484. The monoisotopic (exact) mass is 255 g/mol. The number of carbonyl (C=O) groups excluding carboxylic acids is 2. The Bertz CT molecular complexity index is 297. The molecule has 1 saturated heterocycles. The highest BCUT2D eigenvalue weighted by Crippen LogP contribution is 2.17. The molecule has 1 rings (SSSR count). The first-order chi connectivity index (χ1) is 8.45. The normalized spacial score (nSPS) is 17.3. The Kier molecular flexibility index (Phi) is 5.59. The van der Waals surface area contributed by atoms with Gasteiger partial charge in [-0.25, -0.2) is 0 Å². The molecule has 0 spiro atoms. The third kappa shape index (κ3) is 4.64. The molecule has 0 aromatic carbocycles. The molecule has 0 aromatic heterocycles. The summed E-state index contributed by atoms with van der Waals surface area (Å²) in [6, 6.07) is 0. The van der Waals surface area contributed by atoms with Gasteiger partial charge >= 0.3 is 0 Å². The summed E-state index contributed by atoms with van der Waals surface area (Å²) in [6.45, 7) is 6.05. The van der Waals surface area contributed by atoms with Crippen molar-refractivity contribution in [3.8, 4) is 0 Å². The molecular formula is C13H25N3O2. The van der Waals surface area contributed by atoms with E-state index in [1.807, 2.05) is 13.8 Å². The maximum Gasteiger partial charge on any atom is 0.227 e. The average Bonchev–Trinajstić information content (AvgIpc) is 2.36. The van der Waals surface area contributed by atoms with Crippen molar-refractivity contribution < 1.29 is 9.59 Å². The smallest absolute Gasteiger partial charge is 0.227 e. The molecule has 1 fully saturated rings. The van der Waals surface area contributed by atoms with Crippen LogP contribution >= 0.6 is 0 Å². The highest BCUT2D eigenvalue weighted by atomic mass is 16.2. The maximum atomic E-state index is 11.8. The molecule has 1 heterocycles. The zero-order chi connectivity index (χ0) is 13.6. The molecule has 0 radical (unpaired) electrons. The van der Waals surface area contributed by atoms with E-state index in [0.29, 0.717) is 18.9 Å². The fourth-order valence-corrected chi connectivity index (χ4v) is 2.16. The predicted octanol–water partition coefficient (Wildman–Crippen LogP) is 0.265. The van der Waals surface area contributed by atoms with Gasteiger partial charge in [-0.15, -0.1) is 0 Å². The van der Waals surface area contributed by atoms with Crippen molar-refractivity contribution in [1.29, 1.82) is 0 Å². The van der Waals surface area contributed by atoms with Crippen molar-refractivity contribution in [2.75, 3.05) is 26.7 Å². The van der Waals surface area contributed by atoms with E-state index in [0.717, 1.165) is 25.9 Å². The van der Waals surface area contributed by atoms with Gasteiger partial charge in [0.1, 0.15) is 0 Å². The summed E-state index contributed by atoms with van der Waals surface area (Å²) < 4.78 is 0. The van der Waals surface area contributed by atoms with Gasteiger partial charge in [0.05, 0.1) is 5.41 Å². The second-order valence-corrected chi connectivity index (χ2v) is 5.64. The van der Waals surface area contributed by atoms with Gasteiger partial charge < -0.3 is 16.0 Å². The van der Waals surface area contributed by atoms with Gasteiger partial charge in [0, 0.05) is 20.0 Å². The fraction of sp³-hybridized carbons (Fsp3) is 0.846. The van der Waals surface area contributed by atoms with Crippen LogP contribution < -0.4 is 16.0 Å². The van der Waals surface area contributed by atoms with E-state index in [2.05, 4.69) is 16.0 Å². The minimum atomic E-state index is -0.557. The number of piperidine rings is 1. The van der Waals surface area contributed by atoms with E-state index >= 15 is 0 Å². The van der Waals surface area contributed by atoms with Crippen molar-refractivity contribution in [2.45, 2.75) is 33.1 Å². The van der Waals surface area contributed by atoms with Gasteiger partial charge in [0.15, 0.2) is 0 Å². The quantitative estimate of drug-likeness (QED) is 0.660. The Morgan fingerprint density at radius 1 is 1.28 bits per heavy atom. The Balaban J connectivity index is 2.29. The van der Waals surface area contributed by atoms with Crippen LogP contribution in [0.5, 0.6) is 0 Å². The van der Waals surface area contributed by atoms with E-state index in [1.54, 1.807) is 7.05 Å². The standard InChI is InChI=1S/C13H25N3O2/c1-13(2,12(18)14-3)9-16-11(17)8-10-4-6-15-7-5-10/h10,15H,4-9H2,1-3H3,(H,14,18)(H,16,17). The molecule has 0 bridgehead atoms. The van der Waals surface area contributed by atoms with Gasteiger partial charge in [-0.3, -0.25) is 9.59 Å². The number of hydrogen-bond donors (Lipinski definition) is 3. The molecule has 5 nitrogen and oxygen atoms in total. The van der Waals surface area contributed by atoms with Crippen LogP contribution in [0.1, 0.15) is 33.1 Å². The van der Waals surface area contributed by atoms with Crippen molar-refractivity contribution in [3.05, 3.63) is 0 Å². The van der Waals surface area contributed by atoms with Crippen molar-refractivity contribution in [3.63, 3.8) is 0 Å². The zero-order valence-electron chi connectivity index (χ0n) is 11.6. The summed E-state index contributed by atoms with van der Waals surface area (Å²) in [4.78, 5) is 23.4. The molecule has 0 unspecified atom stereocenters. The molecule has 1 aliphatic rings. The van der Waals surface area contributed by atoms with Gasteiger partial charge in [-0.05, 0) is 45.7 Å². The second-order valence-electron chi connectivity index (χ2n) is 5.64. The number of rotatable bonds is 5. The lowest BCUT2D eigenvalue weighted by Crippen LogP contribution is -2.44. The molecule has 104 valence electrons. The van der Waals surface area contributed by atoms with Crippen LogP contribution in [0.3, 0.4) is 0 Å². The fourth-order valence-electron chi connectivity index (χ4n) is 2.16. The lowest BCUT2D eigenvalue weighted by Gasteiger charge is -2.25. The topological polar surface area (TPSA) is 70.2 Å². The number of carbonyl (C=O) groups is 2. The summed E-state index contributed by atoms with van der Waals surface area (Å²) in [6.07, 6.45) is 2.70. The molecule has 1 aliphatic heterocycles. The molecule has 5 heteroatoms. The zero-order valence-corrected chi connectivity index (χ0v) is 11.6. The molecule has 0 aliphatic carbocycles. The highest BCUT2D eigenvalue weighted by molar-refractivity contribution is 5.83. The molecule has 0 atom stereocenters. The highest BCUT2D eigenvalue weighted by Gasteiger charge is 2.27. The van der Waals surface area contributed by atoms with Crippen LogP contribution in [0, 0.1) is 11.3 Å². The van der Waals surface area contributed by atoms with Crippen molar-refractivity contribution in [2.24, 2.45) is 11.3 Å². The van der Waals surface area contributed by atoms with Gasteiger partial charge in [0.2, 0.25) is 11.8 Å². The number of hydrogen-bond acceptors (Lipinski definition) is 3. The van der Waals surface area contributed by atoms with Crippen LogP contribution in [0.25, 0.3) is 0 Å². The first kappa shape index (κ1) is 15.0. The van der Waals surface area contributed by atoms with Crippen molar-refractivity contribution >= 4 is 11.8 Å². The minimum Gasteiger partial charge on any atom is -0.359 e. The van der Waals surface area contributed by atoms with Gasteiger partial charge in [-0.2, -0.15) is 0 Å². The summed E-state index contributed by atoms with van der Waals surface area (Å²) in [7, 11) is 1.61. The molecule has 18 heavy (non-hydrogen) atoms. The molecule has 0 saturated carbocycles. The SMILES string of the molecule is CNC(=O)C(C)(C)CNC(=O)CC1CCNCC1. The average molecular weight is 255 g/mol. The van der Waals surface area contributed by atoms with Crippen LogP contribution in [-0.4, -0.2) is 38.5 Å². The number of amides is 2. The molecule has 2 amide bonds. The maximum absolute atomic E-state index is 11.8. The van der Waals surface area contributed by atoms with Crippen LogP contribution in [0.4, 0.5) is 0 Å². The van der Waals surface area contributed by atoms with E-state index in [4.69, 9.17) is 0 Å². The summed E-state index contributed by atoms with van der Waals surface area (Å²) >= 11 is 0. The lowest BCUT2D eigenvalue weighted by atomic mass is 9.91. The Morgan fingerprint density at radius 2 is 1.89 bits per heavy atom. The Morgan fingerprint density at radius 3 is 2.44 bits per heavy atom. The van der Waals surface area contributed by atoms with E-state index < -0.39 is 5.41 Å². The first-order valence-electron chi connectivity index (χ1n) is 6.65. The molecule has 0 aromatic rings. The van der Waals surface area contributed by atoms with E-state index in [-0.39, 0.29) is 11.8 Å². The molecule has 3 N–H and O–H groups in total. The Labute approximate surface area is 109 Å². The van der Waals surface area contributed by atoms with Crippen LogP contribution in [-0.2, 0) is 9.59 Å². The van der Waals surface area contributed by atoms with Crippen molar-refractivity contribution in [1.82, 2.24) is 16.0 Å². The predicted molar refractivity (Wildman–Crippen MR) is 71.1 cm³/mol. The lowest BCUT2D eigenvalue weighted by molar-refractivity contribution is -0.129. The third-order valence-electron chi connectivity index (χ3n) is 3.50. The second kappa shape index (κ2) is 6.73. The van der Waals surface area contributed by atoms with Crippen LogP contribution in [0.2, 0.25) is 0 Å². The Hall–Kier alpha value is -1.10. The van der Waals surface area contributed by atoms with E-state index in [1.165, 1.54) is 0 Å². The number of nitrogens with one attached hydrogen (secondary N) is 3. The van der Waals surface area contributed by atoms with Gasteiger partial charge in [-0.1, -0.05) is 0 Å². The first-order valence-corrected chi connectivity index (χ1v) is 6.65. The van der Waals surface area contributed by atoms with Crippen LogP contribution in [0.15, 0.2) is 0 Å².